The normalized spacial score (nSPS) is 21.3. The van der Waals surface area contributed by atoms with Crippen molar-refractivity contribution in [2.45, 2.75) is 26.0 Å². The van der Waals surface area contributed by atoms with Crippen LogP contribution in [0.25, 0.3) is 10.9 Å². The highest BCUT2D eigenvalue weighted by molar-refractivity contribution is 5.98. The van der Waals surface area contributed by atoms with E-state index in [4.69, 9.17) is 9.26 Å². The van der Waals surface area contributed by atoms with E-state index < -0.39 is 0 Å². The number of aryl methyl sites for hydroxylation is 1. The monoisotopic (exact) mass is 326 g/mol. The van der Waals surface area contributed by atoms with Crippen LogP contribution < -0.4 is 0 Å². The zero-order valence-corrected chi connectivity index (χ0v) is 13.5. The van der Waals surface area contributed by atoms with E-state index in [9.17, 15) is 4.79 Å². The maximum absolute atomic E-state index is 13.1. The molecule has 0 aliphatic carbocycles. The minimum absolute atomic E-state index is 0.0671. The van der Waals surface area contributed by atoms with Crippen molar-refractivity contribution >= 4 is 16.8 Å². The van der Waals surface area contributed by atoms with Gasteiger partial charge in [-0.25, -0.2) is 0 Å². The van der Waals surface area contributed by atoms with E-state index in [0.717, 1.165) is 10.9 Å². The molecule has 3 aromatic rings. The number of nitrogens with one attached hydrogen (secondary N) is 1. The summed E-state index contributed by atoms with van der Waals surface area (Å²) in [5, 5.41) is 4.92. The quantitative estimate of drug-likeness (QED) is 0.782. The largest absolute Gasteiger partial charge is 0.374 e. The van der Waals surface area contributed by atoms with Crippen LogP contribution in [0.5, 0.6) is 0 Å². The lowest BCUT2D eigenvalue weighted by Crippen LogP contribution is -2.47. The molecule has 1 aliphatic heterocycles. The number of nitrogens with zero attached hydrogens (tertiary/aromatic N) is 3. The fraction of sp³-hybridized carbons (Fsp3) is 0.353. The van der Waals surface area contributed by atoms with Crippen molar-refractivity contribution < 1.29 is 14.1 Å². The van der Waals surface area contributed by atoms with E-state index in [0.29, 0.717) is 30.4 Å². The van der Waals surface area contributed by atoms with Crippen LogP contribution in [-0.2, 0) is 4.74 Å². The smallest absolute Gasteiger partial charge is 0.254 e. The molecule has 24 heavy (non-hydrogen) atoms. The molecule has 0 spiro atoms. The van der Waals surface area contributed by atoms with Crippen LogP contribution in [0.3, 0.4) is 0 Å². The van der Waals surface area contributed by atoms with Gasteiger partial charge >= 0.3 is 0 Å². The number of carbonyl (C=O) groups excluding carboxylic acids is 1. The van der Waals surface area contributed by atoms with E-state index in [-0.39, 0.29) is 18.1 Å². The highest BCUT2D eigenvalue weighted by Crippen LogP contribution is 2.30. The summed E-state index contributed by atoms with van der Waals surface area (Å²) in [5.41, 5.74) is 1.56. The molecule has 2 aromatic heterocycles. The van der Waals surface area contributed by atoms with Crippen molar-refractivity contribution in [3.63, 3.8) is 0 Å². The van der Waals surface area contributed by atoms with Gasteiger partial charge in [-0.1, -0.05) is 11.2 Å². The molecule has 7 heteroatoms. The predicted octanol–water partition coefficient (Wildman–Crippen LogP) is 2.46. The molecule has 1 aromatic carbocycles. The Morgan fingerprint density at radius 1 is 1.38 bits per heavy atom. The van der Waals surface area contributed by atoms with Gasteiger partial charge in [0.25, 0.3) is 11.8 Å². The number of hydrogen-bond acceptors (Lipinski definition) is 5. The number of fused-ring (bicyclic) bond motifs is 1. The van der Waals surface area contributed by atoms with E-state index in [1.807, 2.05) is 37.4 Å². The molecule has 0 saturated carbocycles. The maximum atomic E-state index is 13.1. The summed E-state index contributed by atoms with van der Waals surface area (Å²) in [4.78, 5) is 22.3. The van der Waals surface area contributed by atoms with Crippen LogP contribution >= 0.6 is 0 Å². The molecule has 7 nitrogen and oxygen atoms in total. The first kappa shape index (κ1) is 14.9. The first-order valence-corrected chi connectivity index (χ1v) is 7.93. The zero-order valence-electron chi connectivity index (χ0n) is 13.5. The summed E-state index contributed by atoms with van der Waals surface area (Å²) in [6, 6.07) is 7.24. The fourth-order valence-electron chi connectivity index (χ4n) is 3.16. The molecule has 0 bridgehead atoms. The molecule has 1 fully saturated rings. The number of hydrogen-bond donors (Lipinski definition) is 1. The van der Waals surface area contributed by atoms with Gasteiger partial charge in [0.05, 0.1) is 12.7 Å². The Kier molecular flexibility index (Phi) is 3.57. The van der Waals surface area contributed by atoms with Crippen LogP contribution in [-0.4, -0.2) is 45.2 Å². The van der Waals surface area contributed by atoms with Gasteiger partial charge in [0.2, 0.25) is 0 Å². The molecular formula is C17H18N4O3. The summed E-state index contributed by atoms with van der Waals surface area (Å²) in [6.45, 7) is 4.64. The summed E-state index contributed by atoms with van der Waals surface area (Å²) < 4.78 is 11.0. The number of carbonyl (C=O) groups is 1. The number of rotatable bonds is 2. The van der Waals surface area contributed by atoms with Crippen molar-refractivity contribution in [2.75, 3.05) is 13.2 Å². The third kappa shape index (κ3) is 2.46. The Hall–Kier alpha value is -2.67. The van der Waals surface area contributed by atoms with Gasteiger partial charge < -0.3 is 19.1 Å². The maximum Gasteiger partial charge on any atom is 0.254 e. The lowest BCUT2D eigenvalue weighted by molar-refractivity contribution is -0.0600. The molecule has 4 rings (SSSR count). The number of H-pyrrole nitrogens is 1. The van der Waals surface area contributed by atoms with Crippen LogP contribution in [0.1, 0.15) is 35.0 Å². The van der Waals surface area contributed by atoms with Crippen LogP contribution in [0.15, 0.2) is 35.0 Å². The fourth-order valence-corrected chi connectivity index (χ4v) is 3.16. The first-order valence-electron chi connectivity index (χ1n) is 7.93. The molecule has 0 radical (unpaired) electrons. The number of amides is 1. The van der Waals surface area contributed by atoms with Crippen molar-refractivity contribution in [3.8, 4) is 0 Å². The highest BCUT2D eigenvalue weighted by atomic mass is 16.5. The predicted molar refractivity (Wildman–Crippen MR) is 86.5 cm³/mol. The van der Waals surface area contributed by atoms with Crippen LogP contribution in [0, 0.1) is 6.92 Å². The van der Waals surface area contributed by atoms with Gasteiger partial charge in [0, 0.05) is 23.8 Å². The topological polar surface area (TPSA) is 84.3 Å². The van der Waals surface area contributed by atoms with Gasteiger partial charge in [0.15, 0.2) is 5.82 Å². The molecule has 1 N–H and O–H groups in total. The summed E-state index contributed by atoms with van der Waals surface area (Å²) >= 11 is 0. The SMILES string of the molecule is Cc1noc([C@@H]2[C@@H](C)OCCN2C(=O)c2ccc3cc[nH]c3c2)n1. The lowest BCUT2D eigenvalue weighted by Gasteiger charge is -2.37. The minimum atomic E-state index is -0.383. The van der Waals surface area contributed by atoms with E-state index in [1.165, 1.54) is 0 Å². The summed E-state index contributed by atoms with van der Waals surface area (Å²) in [7, 11) is 0. The number of benzene rings is 1. The molecule has 1 amide bonds. The van der Waals surface area contributed by atoms with Crippen molar-refractivity contribution in [3.05, 3.63) is 47.7 Å². The summed E-state index contributed by atoms with van der Waals surface area (Å²) in [5.74, 6) is 0.888. The summed E-state index contributed by atoms with van der Waals surface area (Å²) in [6.07, 6.45) is 1.65. The van der Waals surface area contributed by atoms with Gasteiger partial charge in [-0.05, 0) is 37.4 Å². The second-order valence-electron chi connectivity index (χ2n) is 5.98. The molecule has 2 atom stereocenters. The minimum Gasteiger partial charge on any atom is -0.374 e. The third-order valence-corrected chi connectivity index (χ3v) is 4.35. The average Bonchev–Trinajstić information content (AvgIpc) is 3.21. The second kappa shape index (κ2) is 5.76. The molecule has 3 heterocycles. The average molecular weight is 326 g/mol. The molecular weight excluding hydrogens is 308 g/mol. The zero-order chi connectivity index (χ0) is 16.7. The van der Waals surface area contributed by atoms with Crippen molar-refractivity contribution in [1.29, 1.82) is 0 Å². The Morgan fingerprint density at radius 3 is 3.04 bits per heavy atom. The molecule has 0 unspecified atom stereocenters. The lowest BCUT2D eigenvalue weighted by atomic mass is 10.1. The molecule has 1 aliphatic rings. The van der Waals surface area contributed by atoms with Gasteiger partial charge in [0.1, 0.15) is 6.04 Å². The highest BCUT2D eigenvalue weighted by Gasteiger charge is 2.38. The third-order valence-electron chi connectivity index (χ3n) is 4.35. The first-order chi connectivity index (χ1) is 11.6. The number of aromatic amines is 1. The van der Waals surface area contributed by atoms with Crippen molar-refractivity contribution in [1.82, 2.24) is 20.0 Å². The number of ether oxygens (including phenoxy) is 1. The van der Waals surface area contributed by atoms with E-state index in [1.54, 1.807) is 11.8 Å². The van der Waals surface area contributed by atoms with Gasteiger partial charge in [-0.3, -0.25) is 4.79 Å². The van der Waals surface area contributed by atoms with Crippen LogP contribution in [0.4, 0.5) is 0 Å². The van der Waals surface area contributed by atoms with Crippen LogP contribution in [0.2, 0.25) is 0 Å². The van der Waals surface area contributed by atoms with Gasteiger partial charge in [-0.15, -0.1) is 0 Å². The molecule has 1 saturated heterocycles. The van der Waals surface area contributed by atoms with Gasteiger partial charge in [-0.2, -0.15) is 4.98 Å². The van der Waals surface area contributed by atoms with Crippen molar-refractivity contribution in [2.24, 2.45) is 0 Å². The standard InChI is InChI=1S/C17H18N4O3/c1-10-15(16-19-11(2)20-24-16)21(7-8-23-10)17(22)13-4-3-12-5-6-18-14(12)9-13/h3-6,9-10,15,18H,7-8H2,1-2H3/t10-,15+/m1/s1. The Morgan fingerprint density at radius 2 is 2.25 bits per heavy atom. The number of aromatic nitrogens is 3. The molecule has 124 valence electrons. The Bertz CT molecular complexity index is 885. The van der Waals surface area contributed by atoms with E-state index >= 15 is 0 Å². The second-order valence-corrected chi connectivity index (χ2v) is 5.98. The van der Waals surface area contributed by atoms with E-state index in [2.05, 4.69) is 15.1 Å². The number of morpholine rings is 1. The Labute approximate surface area is 138 Å². The Balaban J connectivity index is 1.69.